The number of urea groups is 1. The van der Waals surface area contributed by atoms with Crippen LogP contribution < -0.4 is 16.0 Å². The number of amides is 2. The molecule has 33 heavy (non-hydrogen) atoms. The van der Waals surface area contributed by atoms with Crippen molar-refractivity contribution in [3.8, 4) is 11.3 Å². The van der Waals surface area contributed by atoms with Gasteiger partial charge in [0.15, 0.2) is 10.9 Å². The van der Waals surface area contributed by atoms with Gasteiger partial charge in [0.05, 0.1) is 22.6 Å². The highest BCUT2D eigenvalue weighted by Crippen LogP contribution is 2.35. The molecule has 174 valence electrons. The molecule has 0 aliphatic heterocycles. The molecule has 0 radical (unpaired) electrons. The molecule has 3 N–H and O–H groups in total. The van der Waals surface area contributed by atoms with Crippen molar-refractivity contribution in [1.29, 1.82) is 0 Å². The minimum absolute atomic E-state index is 0.112. The Bertz CT molecular complexity index is 1150. The molecule has 2 heterocycles. The predicted molar refractivity (Wildman–Crippen MR) is 124 cm³/mol. The van der Waals surface area contributed by atoms with Crippen LogP contribution in [0.4, 0.5) is 34.6 Å². The highest BCUT2D eigenvalue weighted by atomic mass is 32.1. The highest BCUT2D eigenvalue weighted by molar-refractivity contribution is 7.15. The number of aryl methyl sites for hydroxylation is 2. The number of hydrogen-bond donors (Lipinski definition) is 2. The summed E-state index contributed by atoms with van der Waals surface area (Å²) >= 11 is 1.38. The van der Waals surface area contributed by atoms with Crippen LogP contribution in [0.15, 0.2) is 36.4 Å². The molecule has 1 saturated carbocycles. The number of nitrogens with one attached hydrogen (secondary N) is 1. The molecule has 4 rings (SSSR count). The first-order valence-corrected chi connectivity index (χ1v) is 11.4. The maximum Gasteiger partial charge on any atom is 0.416 e. The number of halogens is 3. The summed E-state index contributed by atoms with van der Waals surface area (Å²) in [6.45, 7) is 3.80. The summed E-state index contributed by atoms with van der Waals surface area (Å²) < 4.78 is 39.6. The molecular formula is C23H24F3N5OS. The van der Waals surface area contributed by atoms with E-state index in [2.05, 4.69) is 15.3 Å². The number of benzene rings is 1. The van der Waals surface area contributed by atoms with Crippen molar-refractivity contribution in [3.63, 3.8) is 0 Å². The molecule has 0 unspecified atom stereocenters. The lowest BCUT2D eigenvalue weighted by atomic mass is 10.1. The van der Waals surface area contributed by atoms with E-state index in [9.17, 15) is 18.0 Å². The van der Waals surface area contributed by atoms with Crippen LogP contribution in [0.2, 0.25) is 0 Å². The number of nitrogen functional groups attached to an aromatic ring is 1. The van der Waals surface area contributed by atoms with E-state index in [4.69, 9.17) is 5.73 Å². The molecule has 6 nitrogen and oxygen atoms in total. The second-order valence-corrected chi connectivity index (χ2v) is 9.29. The minimum Gasteiger partial charge on any atom is -0.396 e. The molecule has 3 aromatic rings. The number of alkyl halides is 3. The molecule has 1 aliphatic carbocycles. The van der Waals surface area contributed by atoms with E-state index in [0.29, 0.717) is 16.4 Å². The van der Waals surface area contributed by atoms with Crippen molar-refractivity contribution in [2.24, 2.45) is 0 Å². The van der Waals surface area contributed by atoms with Gasteiger partial charge in [-0.25, -0.2) is 14.8 Å². The molecule has 10 heteroatoms. The van der Waals surface area contributed by atoms with Gasteiger partial charge in [-0.3, -0.25) is 10.2 Å². The Kier molecular flexibility index (Phi) is 6.29. The second kappa shape index (κ2) is 9.01. The van der Waals surface area contributed by atoms with Crippen LogP contribution in [0.25, 0.3) is 11.3 Å². The fraction of sp³-hybridized carbons (Fsp3) is 0.348. The van der Waals surface area contributed by atoms with E-state index >= 15 is 0 Å². The number of anilines is 3. The molecule has 0 saturated heterocycles. The topological polar surface area (TPSA) is 84.1 Å². The quantitative estimate of drug-likeness (QED) is 0.457. The summed E-state index contributed by atoms with van der Waals surface area (Å²) in [5.74, 6) is 0.235. The maximum atomic E-state index is 13.3. The van der Waals surface area contributed by atoms with Crippen LogP contribution in [0, 0.1) is 13.8 Å². The van der Waals surface area contributed by atoms with Crippen LogP contribution in [0.5, 0.6) is 0 Å². The predicted octanol–water partition coefficient (Wildman–Crippen LogP) is 6.40. The average molecular weight is 476 g/mol. The Morgan fingerprint density at radius 2 is 1.88 bits per heavy atom. The van der Waals surface area contributed by atoms with E-state index in [-0.39, 0.29) is 17.5 Å². The van der Waals surface area contributed by atoms with Crippen LogP contribution in [-0.2, 0) is 6.18 Å². The Morgan fingerprint density at radius 3 is 2.52 bits per heavy atom. The number of rotatable bonds is 4. The van der Waals surface area contributed by atoms with Crippen molar-refractivity contribution < 1.29 is 18.0 Å². The third-order valence-corrected chi connectivity index (χ3v) is 6.76. The van der Waals surface area contributed by atoms with Gasteiger partial charge in [0.25, 0.3) is 0 Å². The van der Waals surface area contributed by atoms with Gasteiger partial charge >= 0.3 is 12.2 Å². The SMILES string of the molecule is Cc1nc(NC(=O)N(c2nc(-c3cccc(C(F)(F)F)c3)ccc2N)C2CCCC2)sc1C. The Hall–Kier alpha value is -3.14. The first-order valence-electron chi connectivity index (χ1n) is 10.6. The highest BCUT2D eigenvalue weighted by Gasteiger charge is 2.32. The van der Waals surface area contributed by atoms with Gasteiger partial charge in [-0.1, -0.05) is 25.0 Å². The lowest BCUT2D eigenvalue weighted by molar-refractivity contribution is -0.137. The van der Waals surface area contributed by atoms with E-state index in [1.54, 1.807) is 18.2 Å². The molecule has 0 atom stereocenters. The van der Waals surface area contributed by atoms with E-state index in [1.165, 1.54) is 22.3 Å². The van der Waals surface area contributed by atoms with E-state index in [1.807, 2.05) is 13.8 Å². The van der Waals surface area contributed by atoms with Crippen molar-refractivity contribution >= 4 is 34.0 Å². The molecule has 2 amide bonds. The second-order valence-electron chi connectivity index (χ2n) is 8.09. The number of thiazole rings is 1. The van der Waals surface area contributed by atoms with Gasteiger partial charge in [0, 0.05) is 16.5 Å². The Morgan fingerprint density at radius 1 is 1.15 bits per heavy atom. The molecule has 2 aromatic heterocycles. The number of aromatic nitrogens is 2. The van der Waals surface area contributed by atoms with Gasteiger partial charge < -0.3 is 5.73 Å². The fourth-order valence-electron chi connectivity index (χ4n) is 3.94. The average Bonchev–Trinajstić information content (AvgIpc) is 3.39. The number of carbonyl (C=O) groups excluding carboxylic acids is 1. The molecule has 0 spiro atoms. The van der Waals surface area contributed by atoms with Gasteiger partial charge in [-0.05, 0) is 51.0 Å². The first-order chi connectivity index (χ1) is 15.6. The Balaban J connectivity index is 1.72. The standard InChI is InChI=1S/C23H24F3N5OS/c1-13-14(2)33-21(28-13)30-22(32)31(17-8-3-4-9-17)20-18(27)10-11-19(29-20)15-6-5-7-16(12-15)23(24,25)26/h5-7,10-12,17H,3-4,8-9,27H2,1-2H3,(H,28,30,32). The fourth-order valence-corrected chi connectivity index (χ4v) is 4.75. The molecule has 1 aliphatic rings. The van der Waals surface area contributed by atoms with Gasteiger partial charge in [-0.2, -0.15) is 13.2 Å². The first kappa shape index (κ1) is 23.0. The lowest BCUT2D eigenvalue weighted by Gasteiger charge is -2.29. The zero-order valence-electron chi connectivity index (χ0n) is 18.2. The van der Waals surface area contributed by atoms with E-state index in [0.717, 1.165) is 48.4 Å². The number of nitrogens with two attached hydrogens (primary N) is 1. The minimum atomic E-state index is -4.47. The summed E-state index contributed by atoms with van der Waals surface area (Å²) in [6, 6.07) is 7.57. The number of carbonyl (C=O) groups is 1. The summed E-state index contributed by atoms with van der Waals surface area (Å²) in [5.41, 5.74) is 7.17. The lowest BCUT2D eigenvalue weighted by Crippen LogP contribution is -2.43. The maximum absolute atomic E-state index is 13.3. The van der Waals surface area contributed by atoms with Crippen molar-refractivity contribution in [2.45, 2.75) is 51.7 Å². The van der Waals surface area contributed by atoms with Crippen molar-refractivity contribution in [2.75, 3.05) is 16.0 Å². The van der Waals surface area contributed by atoms with Gasteiger partial charge in [0.1, 0.15) is 0 Å². The summed E-state index contributed by atoms with van der Waals surface area (Å²) in [5, 5.41) is 3.32. The monoisotopic (exact) mass is 475 g/mol. The normalized spacial score (nSPS) is 14.5. The van der Waals surface area contributed by atoms with Crippen LogP contribution in [0.1, 0.15) is 41.8 Å². The number of pyridine rings is 1. The third-order valence-electron chi connectivity index (χ3n) is 5.77. The number of hydrogen-bond acceptors (Lipinski definition) is 5. The zero-order chi connectivity index (χ0) is 23.8. The molecule has 0 bridgehead atoms. The molecule has 1 aromatic carbocycles. The van der Waals surface area contributed by atoms with Gasteiger partial charge in [-0.15, -0.1) is 11.3 Å². The zero-order valence-corrected chi connectivity index (χ0v) is 19.1. The number of nitrogens with zero attached hydrogens (tertiary/aromatic N) is 3. The van der Waals surface area contributed by atoms with Crippen LogP contribution in [-0.4, -0.2) is 22.0 Å². The summed E-state index contributed by atoms with van der Waals surface area (Å²) in [4.78, 5) is 24.8. The smallest absolute Gasteiger partial charge is 0.396 e. The van der Waals surface area contributed by atoms with Crippen LogP contribution >= 0.6 is 11.3 Å². The van der Waals surface area contributed by atoms with Crippen LogP contribution in [0.3, 0.4) is 0 Å². The third kappa shape index (κ3) is 4.95. The summed E-state index contributed by atoms with van der Waals surface area (Å²) in [6.07, 6.45) is -0.947. The molecular weight excluding hydrogens is 451 g/mol. The molecule has 1 fully saturated rings. The van der Waals surface area contributed by atoms with Gasteiger partial charge in [0.2, 0.25) is 0 Å². The largest absolute Gasteiger partial charge is 0.416 e. The Labute approximate surface area is 193 Å². The van der Waals surface area contributed by atoms with Crippen molar-refractivity contribution in [1.82, 2.24) is 9.97 Å². The van der Waals surface area contributed by atoms with E-state index < -0.39 is 17.8 Å². The summed E-state index contributed by atoms with van der Waals surface area (Å²) in [7, 11) is 0. The van der Waals surface area contributed by atoms with Crippen molar-refractivity contribution in [3.05, 3.63) is 52.5 Å².